The minimum absolute atomic E-state index is 0.00403. The summed E-state index contributed by atoms with van der Waals surface area (Å²) in [7, 11) is 0. The third kappa shape index (κ3) is 3.95. The summed E-state index contributed by atoms with van der Waals surface area (Å²) in [5.74, 6) is 0.00403. The molecule has 1 amide bonds. The van der Waals surface area contributed by atoms with Crippen LogP contribution in [0.2, 0.25) is 5.02 Å². The second kappa shape index (κ2) is 6.40. The Kier molecular flexibility index (Phi) is 4.83. The van der Waals surface area contributed by atoms with Gasteiger partial charge in [-0.05, 0) is 50.3 Å². The first-order valence-corrected chi connectivity index (χ1v) is 7.12. The Bertz CT molecular complexity index is 444. The predicted octanol–water partition coefficient (Wildman–Crippen LogP) is 3.85. The Morgan fingerprint density at radius 3 is 2.89 bits per heavy atom. The number of hydrogen-bond acceptors (Lipinski definition) is 2. The maximum absolute atomic E-state index is 11.9. The molecule has 1 heterocycles. The molecule has 1 N–H and O–H groups in total. The Labute approximate surface area is 119 Å². The molecule has 1 fully saturated rings. The fraction of sp³-hybridized carbons (Fsp3) is 0.533. The van der Waals surface area contributed by atoms with Crippen molar-refractivity contribution in [2.24, 2.45) is 0 Å². The van der Waals surface area contributed by atoms with Gasteiger partial charge in [-0.1, -0.05) is 17.7 Å². The third-order valence-corrected chi connectivity index (χ3v) is 3.71. The van der Waals surface area contributed by atoms with Crippen LogP contribution in [0.3, 0.4) is 0 Å². The Morgan fingerprint density at radius 2 is 2.26 bits per heavy atom. The average molecular weight is 282 g/mol. The zero-order chi connectivity index (χ0) is 13.8. The van der Waals surface area contributed by atoms with Crippen LogP contribution in [-0.2, 0) is 9.53 Å². The first-order valence-electron chi connectivity index (χ1n) is 6.74. The van der Waals surface area contributed by atoms with E-state index >= 15 is 0 Å². The van der Waals surface area contributed by atoms with Gasteiger partial charge in [-0.15, -0.1) is 0 Å². The van der Waals surface area contributed by atoms with Gasteiger partial charge in [0.15, 0.2) is 0 Å². The largest absolute Gasteiger partial charge is 0.378 e. The van der Waals surface area contributed by atoms with Crippen LogP contribution < -0.4 is 5.32 Å². The molecule has 0 saturated carbocycles. The molecule has 1 unspecified atom stereocenters. The first-order chi connectivity index (χ1) is 9.06. The van der Waals surface area contributed by atoms with Crippen LogP contribution in [0.15, 0.2) is 12.1 Å². The SMILES string of the molecule is Cc1cc(C)c(NC(=O)CCC2CCCO2)c(Cl)c1. The van der Waals surface area contributed by atoms with E-state index in [9.17, 15) is 4.79 Å². The molecular weight excluding hydrogens is 262 g/mol. The Morgan fingerprint density at radius 1 is 1.47 bits per heavy atom. The van der Waals surface area contributed by atoms with Crippen molar-refractivity contribution in [2.45, 2.75) is 45.6 Å². The Hall–Kier alpha value is -1.06. The predicted molar refractivity (Wildman–Crippen MR) is 77.8 cm³/mol. The number of carbonyl (C=O) groups is 1. The summed E-state index contributed by atoms with van der Waals surface area (Å²) >= 11 is 6.17. The molecule has 0 radical (unpaired) electrons. The van der Waals surface area contributed by atoms with E-state index in [-0.39, 0.29) is 12.0 Å². The molecule has 1 aromatic rings. The summed E-state index contributed by atoms with van der Waals surface area (Å²) in [6.45, 7) is 4.77. The van der Waals surface area contributed by atoms with E-state index in [1.54, 1.807) is 0 Å². The molecule has 0 bridgehead atoms. The summed E-state index contributed by atoms with van der Waals surface area (Å²) in [5, 5.41) is 3.50. The molecule has 1 aliphatic heterocycles. The van der Waals surface area contributed by atoms with Crippen molar-refractivity contribution in [3.05, 3.63) is 28.3 Å². The summed E-state index contributed by atoms with van der Waals surface area (Å²) < 4.78 is 5.51. The molecule has 19 heavy (non-hydrogen) atoms. The van der Waals surface area contributed by atoms with Gasteiger partial charge >= 0.3 is 0 Å². The molecule has 104 valence electrons. The normalized spacial score (nSPS) is 18.6. The van der Waals surface area contributed by atoms with Crippen molar-refractivity contribution < 1.29 is 9.53 Å². The van der Waals surface area contributed by atoms with Crippen molar-refractivity contribution in [1.82, 2.24) is 0 Å². The van der Waals surface area contributed by atoms with Gasteiger partial charge in [-0.2, -0.15) is 0 Å². The van der Waals surface area contributed by atoms with Gasteiger partial charge in [-0.25, -0.2) is 0 Å². The lowest BCUT2D eigenvalue weighted by Crippen LogP contribution is -2.16. The summed E-state index contributed by atoms with van der Waals surface area (Å²) in [4.78, 5) is 11.9. The van der Waals surface area contributed by atoms with E-state index < -0.39 is 0 Å². The maximum Gasteiger partial charge on any atom is 0.224 e. The highest BCUT2D eigenvalue weighted by Crippen LogP contribution is 2.27. The fourth-order valence-corrected chi connectivity index (χ4v) is 2.81. The topological polar surface area (TPSA) is 38.3 Å². The number of benzene rings is 1. The molecule has 0 aromatic heterocycles. The number of rotatable bonds is 4. The van der Waals surface area contributed by atoms with E-state index in [1.165, 1.54) is 0 Å². The van der Waals surface area contributed by atoms with Gasteiger partial charge in [0.05, 0.1) is 16.8 Å². The lowest BCUT2D eigenvalue weighted by atomic mass is 10.1. The number of ether oxygens (including phenoxy) is 1. The molecule has 0 spiro atoms. The standard InChI is InChI=1S/C15H20ClNO2/c1-10-8-11(2)15(13(16)9-10)17-14(18)6-5-12-4-3-7-19-12/h8-9,12H,3-7H2,1-2H3,(H,17,18). The number of hydrogen-bond donors (Lipinski definition) is 1. The number of halogens is 1. The summed E-state index contributed by atoms with van der Waals surface area (Å²) in [6.07, 6.45) is 3.69. The quantitative estimate of drug-likeness (QED) is 0.910. The number of carbonyl (C=O) groups excluding carboxylic acids is 1. The van der Waals surface area contributed by atoms with Crippen molar-refractivity contribution in [2.75, 3.05) is 11.9 Å². The lowest BCUT2D eigenvalue weighted by molar-refractivity contribution is -0.116. The van der Waals surface area contributed by atoms with Gasteiger partial charge in [0.1, 0.15) is 0 Å². The van der Waals surface area contributed by atoms with E-state index in [4.69, 9.17) is 16.3 Å². The van der Waals surface area contributed by atoms with Crippen molar-refractivity contribution in [3.63, 3.8) is 0 Å². The average Bonchev–Trinajstić information content (AvgIpc) is 2.84. The van der Waals surface area contributed by atoms with Gasteiger partial charge in [-0.3, -0.25) is 4.79 Å². The molecule has 1 aromatic carbocycles. The Balaban J connectivity index is 1.91. The van der Waals surface area contributed by atoms with E-state index in [1.807, 2.05) is 26.0 Å². The van der Waals surface area contributed by atoms with Crippen LogP contribution in [0.25, 0.3) is 0 Å². The van der Waals surface area contributed by atoms with Crippen LogP contribution in [0.5, 0.6) is 0 Å². The molecule has 1 aliphatic rings. The molecule has 1 saturated heterocycles. The highest BCUT2D eigenvalue weighted by atomic mass is 35.5. The van der Waals surface area contributed by atoms with Gasteiger partial charge in [0, 0.05) is 13.0 Å². The molecule has 1 atom stereocenters. The maximum atomic E-state index is 11.9. The summed E-state index contributed by atoms with van der Waals surface area (Å²) in [6, 6.07) is 3.88. The van der Waals surface area contributed by atoms with Gasteiger partial charge in [0.25, 0.3) is 0 Å². The molecule has 3 nitrogen and oxygen atoms in total. The molecule has 2 rings (SSSR count). The highest BCUT2D eigenvalue weighted by Gasteiger charge is 2.17. The van der Waals surface area contributed by atoms with Crippen molar-refractivity contribution in [1.29, 1.82) is 0 Å². The van der Waals surface area contributed by atoms with Gasteiger partial charge in [0.2, 0.25) is 5.91 Å². The van der Waals surface area contributed by atoms with Crippen molar-refractivity contribution in [3.8, 4) is 0 Å². The van der Waals surface area contributed by atoms with Crippen LogP contribution in [0.1, 0.15) is 36.8 Å². The van der Waals surface area contributed by atoms with Crippen LogP contribution in [0, 0.1) is 13.8 Å². The summed E-state index contributed by atoms with van der Waals surface area (Å²) in [5.41, 5.74) is 2.82. The van der Waals surface area contributed by atoms with E-state index in [0.29, 0.717) is 11.4 Å². The molecular formula is C15H20ClNO2. The van der Waals surface area contributed by atoms with E-state index in [2.05, 4.69) is 5.32 Å². The minimum Gasteiger partial charge on any atom is -0.378 e. The monoisotopic (exact) mass is 281 g/mol. The first kappa shape index (κ1) is 14.4. The third-order valence-electron chi connectivity index (χ3n) is 3.41. The molecule has 4 heteroatoms. The number of amides is 1. The minimum atomic E-state index is 0.00403. The zero-order valence-corrected chi connectivity index (χ0v) is 12.2. The van der Waals surface area contributed by atoms with E-state index in [0.717, 1.165) is 42.7 Å². The zero-order valence-electron chi connectivity index (χ0n) is 11.5. The van der Waals surface area contributed by atoms with Crippen LogP contribution in [-0.4, -0.2) is 18.6 Å². The van der Waals surface area contributed by atoms with Crippen molar-refractivity contribution >= 4 is 23.2 Å². The smallest absolute Gasteiger partial charge is 0.224 e. The fourth-order valence-electron chi connectivity index (χ4n) is 2.44. The number of nitrogens with one attached hydrogen (secondary N) is 1. The lowest BCUT2D eigenvalue weighted by Gasteiger charge is -2.13. The van der Waals surface area contributed by atoms with Crippen LogP contribution >= 0.6 is 11.6 Å². The highest BCUT2D eigenvalue weighted by molar-refractivity contribution is 6.34. The van der Waals surface area contributed by atoms with Crippen LogP contribution in [0.4, 0.5) is 5.69 Å². The van der Waals surface area contributed by atoms with Gasteiger partial charge < -0.3 is 10.1 Å². The second-order valence-electron chi connectivity index (χ2n) is 5.16. The number of anilines is 1. The number of aryl methyl sites for hydroxylation is 2. The molecule has 0 aliphatic carbocycles. The second-order valence-corrected chi connectivity index (χ2v) is 5.57.